The van der Waals surface area contributed by atoms with Crippen LogP contribution in [0.3, 0.4) is 0 Å². The van der Waals surface area contributed by atoms with Crippen molar-refractivity contribution in [3.63, 3.8) is 0 Å². The van der Waals surface area contributed by atoms with E-state index in [0.29, 0.717) is 5.92 Å². The van der Waals surface area contributed by atoms with E-state index >= 15 is 0 Å². The maximum absolute atomic E-state index is 9.97. The van der Waals surface area contributed by atoms with E-state index in [2.05, 4.69) is 6.92 Å². The van der Waals surface area contributed by atoms with Crippen LogP contribution in [0.1, 0.15) is 26.2 Å². The van der Waals surface area contributed by atoms with Crippen LogP contribution in [0.5, 0.6) is 0 Å². The molecule has 0 radical (unpaired) electrons. The topological polar surface area (TPSA) is 29.5 Å². The van der Waals surface area contributed by atoms with Crippen LogP contribution >= 0.6 is 0 Å². The van der Waals surface area contributed by atoms with Gasteiger partial charge in [0.15, 0.2) is 0 Å². The van der Waals surface area contributed by atoms with Crippen molar-refractivity contribution >= 4 is 0 Å². The van der Waals surface area contributed by atoms with Crippen LogP contribution in [-0.2, 0) is 4.74 Å². The Bertz CT molecular complexity index is 146. The Morgan fingerprint density at radius 1 is 1.60 bits per heavy atom. The summed E-state index contributed by atoms with van der Waals surface area (Å²) in [5.41, 5.74) is -0.458. The van der Waals surface area contributed by atoms with Crippen molar-refractivity contribution in [2.45, 2.75) is 37.9 Å². The van der Waals surface area contributed by atoms with Crippen molar-refractivity contribution in [1.29, 1.82) is 0 Å². The predicted molar refractivity (Wildman–Crippen MR) is 37.7 cm³/mol. The van der Waals surface area contributed by atoms with Crippen molar-refractivity contribution in [3.8, 4) is 0 Å². The van der Waals surface area contributed by atoms with Gasteiger partial charge in [0.1, 0.15) is 0 Å². The average molecular weight is 142 g/mol. The van der Waals surface area contributed by atoms with E-state index in [1.165, 1.54) is 0 Å². The molecule has 1 aliphatic carbocycles. The van der Waals surface area contributed by atoms with Crippen LogP contribution in [-0.4, -0.2) is 23.4 Å². The fourth-order valence-corrected chi connectivity index (χ4v) is 2.18. The highest BCUT2D eigenvalue weighted by atomic mass is 16.5. The zero-order valence-electron chi connectivity index (χ0n) is 6.34. The average Bonchev–Trinajstić information content (AvgIpc) is 2.36. The third-order valence-electron chi connectivity index (χ3n) is 3.00. The van der Waals surface area contributed by atoms with Gasteiger partial charge < -0.3 is 9.84 Å². The van der Waals surface area contributed by atoms with E-state index < -0.39 is 5.60 Å². The minimum Gasteiger partial charge on any atom is -0.387 e. The Morgan fingerprint density at radius 2 is 2.40 bits per heavy atom. The predicted octanol–water partition coefficient (Wildman–Crippen LogP) is 0.936. The van der Waals surface area contributed by atoms with Gasteiger partial charge in [0.25, 0.3) is 0 Å². The second-order valence-electron chi connectivity index (χ2n) is 3.61. The molecule has 2 fully saturated rings. The monoisotopic (exact) mass is 142 g/mol. The zero-order valence-corrected chi connectivity index (χ0v) is 6.34. The van der Waals surface area contributed by atoms with E-state index in [4.69, 9.17) is 4.74 Å². The molecule has 1 aliphatic heterocycles. The quantitative estimate of drug-likeness (QED) is 0.545. The van der Waals surface area contributed by atoms with Gasteiger partial charge in [-0.25, -0.2) is 0 Å². The standard InChI is InChI=1S/C8H14O2/c1-6-5-10-7-3-2-4-8(6,7)9/h6-7,9H,2-5H2,1H3/t6-,7-,8+/m1/s1. The lowest BCUT2D eigenvalue weighted by Crippen LogP contribution is -2.37. The number of hydrogen-bond acceptors (Lipinski definition) is 2. The van der Waals surface area contributed by atoms with Gasteiger partial charge in [-0.3, -0.25) is 0 Å². The minimum atomic E-state index is -0.458. The SMILES string of the molecule is C[C@@H]1CO[C@@H]2CCC[C@]12O. The van der Waals surface area contributed by atoms with Crippen molar-refractivity contribution in [1.82, 2.24) is 0 Å². The Balaban J connectivity index is 2.21. The molecular formula is C8H14O2. The molecule has 0 aromatic heterocycles. The van der Waals surface area contributed by atoms with Gasteiger partial charge in [0.05, 0.1) is 18.3 Å². The molecular weight excluding hydrogens is 128 g/mol. The second kappa shape index (κ2) is 1.95. The smallest absolute Gasteiger partial charge is 0.0955 e. The molecule has 0 aromatic rings. The highest BCUT2D eigenvalue weighted by Crippen LogP contribution is 2.42. The lowest BCUT2D eigenvalue weighted by atomic mass is 9.89. The normalized spacial score (nSPS) is 53.4. The molecule has 58 valence electrons. The summed E-state index contributed by atoms with van der Waals surface area (Å²) < 4.78 is 5.44. The van der Waals surface area contributed by atoms with Gasteiger partial charge >= 0.3 is 0 Å². The molecule has 0 unspecified atom stereocenters. The highest BCUT2D eigenvalue weighted by molar-refractivity contribution is 5.00. The maximum Gasteiger partial charge on any atom is 0.0955 e. The maximum atomic E-state index is 9.97. The first-order valence-electron chi connectivity index (χ1n) is 4.07. The first-order chi connectivity index (χ1) is 4.73. The molecule has 0 bridgehead atoms. The fourth-order valence-electron chi connectivity index (χ4n) is 2.18. The van der Waals surface area contributed by atoms with Gasteiger partial charge in [0, 0.05) is 5.92 Å². The van der Waals surface area contributed by atoms with E-state index in [-0.39, 0.29) is 6.10 Å². The summed E-state index contributed by atoms with van der Waals surface area (Å²) in [5.74, 6) is 0.347. The molecule has 3 atom stereocenters. The molecule has 2 aliphatic rings. The van der Waals surface area contributed by atoms with Crippen LogP contribution in [0, 0.1) is 5.92 Å². The number of aliphatic hydroxyl groups is 1. The molecule has 0 spiro atoms. The Hall–Kier alpha value is -0.0800. The van der Waals surface area contributed by atoms with Crippen molar-refractivity contribution in [2.24, 2.45) is 5.92 Å². The summed E-state index contributed by atoms with van der Waals surface area (Å²) in [6, 6.07) is 0. The third-order valence-corrected chi connectivity index (χ3v) is 3.00. The van der Waals surface area contributed by atoms with Gasteiger partial charge in [-0.2, -0.15) is 0 Å². The number of hydrogen-bond donors (Lipinski definition) is 1. The number of ether oxygens (including phenoxy) is 1. The van der Waals surface area contributed by atoms with Crippen molar-refractivity contribution in [3.05, 3.63) is 0 Å². The molecule has 2 heteroatoms. The van der Waals surface area contributed by atoms with Crippen LogP contribution < -0.4 is 0 Å². The highest BCUT2D eigenvalue weighted by Gasteiger charge is 2.50. The first kappa shape index (κ1) is 6.62. The summed E-state index contributed by atoms with van der Waals surface area (Å²) in [6.07, 6.45) is 3.29. The van der Waals surface area contributed by atoms with E-state index in [9.17, 15) is 5.11 Å². The third kappa shape index (κ3) is 0.663. The van der Waals surface area contributed by atoms with E-state index in [1.54, 1.807) is 0 Å². The van der Waals surface area contributed by atoms with Crippen LogP contribution in [0.15, 0.2) is 0 Å². The van der Waals surface area contributed by atoms with Crippen LogP contribution in [0.25, 0.3) is 0 Å². The van der Waals surface area contributed by atoms with E-state index in [1.807, 2.05) is 0 Å². The van der Waals surface area contributed by atoms with Crippen LogP contribution in [0.4, 0.5) is 0 Å². The van der Waals surface area contributed by atoms with Gasteiger partial charge in [-0.1, -0.05) is 6.92 Å². The molecule has 10 heavy (non-hydrogen) atoms. The second-order valence-corrected chi connectivity index (χ2v) is 3.61. The molecule has 0 aromatic carbocycles. The zero-order chi connectivity index (χ0) is 7.19. The summed E-state index contributed by atoms with van der Waals surface area (Å²) in [5, 5.41) is 9.97. The Morgan fingerprint density at radius 3 is 3.10 bits per heavy atom. The first-order valence-corrected chi connectivity index (χ1v) is 4.07. The molecule has 2 nitrogen and oxygen atoms in total. The largest absolute Gasteiger partial charge is 0.387 e. The Kier molecular flexibility index (Phi) is 1.29. The Labute approximate surface area is 61.2 Å². The molecule has 1 heterocycles. The molecule has 2 rings (SSSR count). The van der Waals surface area contributed by atoms with Crippen LogP contribution in [0.2, 0.25) is 0 Å². The lowest BCUT2D eigenvalue weighted by molar-refractivity contribution is -0.0274. The summed E-state index contributed by atoms with van der Waals surface area (Å²) >= 11 is 0. The number of rotatable bonds is 0. The summed E-state index contributed by atoms with van der Waals surface area (Å²) in [7, 11) is 0. The molecule has 1 N–H and O–H groups in total. The van der Waals surface area contributed by atoms with Crippen molar-refractivity contribution < 1.29 is 9.84 Å². The van der Waals surface area contributed by atoms with Gasteiger partial charge in [-0.15, -0.1) is 0 Å². The minimum absolute atomic E-state index is 0.155. The molecule has 1 saturated carbocycles. The lowest BCUT2D eigenvalue weighted by Gasteiger charge is -2.24. The summed E-state index contributed by atoms with van der Waals surface area (Å²) in [6.45, 7) is 2.83. The fraction of sp³-hybridized carbons (Fsp3) is 1.00. The van der Waals surface area contributed by atoms with Gasteiger partial charge in [-0.05, 0) is 19.3 Å². The summed E-state index contributed by atoms with van der Waals surface area (Å²) in [4.78, 5) is 0. The molecule has 1 saturated heterocycles. The van der Waals surface area contributed by atoms with E-state index in [0.717, 1.165) is 25.9 Å². The molecule has 0 amide bonds. The van der Waals surface area contributed by atoms with Gasteiger partial charge in [0.2, 0.25) is 0 Å². The van der Waals surface area contributed by atoms with Crippen molar-refractivity contribution in [2.75, 3.05) is 6.61 Å². The number of fused-ring (bicyclic) bond motifs is 1.